The summed E-state index contributed by atoms with van der Waals surface area (Å²) >= 11 is 0. The highest BCUT2D eigenvalue weighted by Gasteiger charge is 2.31. The standard InChI is InChI=1S/C12H22N4O2S.ClH/c1-3-15-8-12(14-9-15)19(17,18)16-6-4-11(5-7-16)10(2)13;/h8-11H,3-7,13H2,1-2H3;1H. The molecule has 1 aromatic heterocycles. The van der Waals surface area contributed by atoms with Gasteiger partial charge in [-0.25, -0.2) is 13.4 Å². The molecule has 2 heterocycles. The van der Waals surface area contributed by atoms with Gasteiger partial charge in [0.2, 0.25) is 0 Å². The first-order valence-electron chi connectivity index (χ1n) is 6.72. The normalized spacial score (nSPS) is 19.6. The highest BCUT2D eigenvalue weighted by atomic mass is 35.5. The molecule has 2 rings (SSSR count). The molecule has 0 aliphatic carbocycles. The van der Waals surface area contributed by atoms with Crippen LogP contribution in [0.25, 0.3) is 0 Å². The topological polar surface area (TPSA) is 81.2 Å². The highest BCUT2D eigenvalue weighted by molar-refractivity contribution is 7.89. The Balaban J connectivity index is 0.00000200. The number of rotatable bonds is 4. The number of hydrogen-bond donors (Lipinski definition) is 1. The number of aromatic nitrogens is 2. The lowest BCUT2D eigenvalue weighted by Gasteiger charge is -2.32. The first kappa shape index (κ1) is 17.4. The summed E-state index contributed by atoms with van der Waals surface area (Å²) < 4.78 is 28.1. The van der Waals surface area contributed by atoms with Crippen LogP contribution >= 0.6 is 12.4 Å². The largest absolute Gasteiger partial charge is 0.336 e. The molecule has 0 saturated carbocycles. The van der Waals surface area contributed by atoms with Crippen LogP contribution in [0.3, 0.4) is 0 Å². The molecule has 20 heavy (non-hydrogen) atoms. The van der Waals surface area contributed by atoms with Crippen molar-refractivity contribution < 1.29 is 8.42 Å². The van der Waals surface area contributed by atoms with Crippen LogP contribution in [0.2, 0.25) is 0 Å². The molecular weight excluding hydrogens is 300 g/mol. The molecule has 1 unspecified atom stereocenters. The summed E-state index contributed by atoms with van der Waals surface area (Å²) in [4.78, 5) is 4.00. The molecule has 1 aliphatic heterocycles. The molecule has 8 heteroatoms. The third-order valence-corrected chi connectivity index (χ3v) is 5.61. The van der Waals surface area contributed by atoms with Crippen molar-refractivity contribution in [2.75, 3.05) is 13.1 Å². The lowest BCUT2D eigenvalue weighted by atomic mass is 9.92. The summed E-state index contributed by atoms with van der Waals surface area (Å²) in [6.07, 6.45) is 4.80. The summed E-state index contributed by atoms with van der Waals surface area (Å²) in [6.45, 7) is 5.72. The summed E-state index contributed by atoms with van der Waals surface area (Å²) in [5, 5.41) is 0.147. The Bertz CT molecular complexity index is 521. The van der Waals surface area contributed by atoms with Gasteiger partial charge in [-0.1, -0.05) is 0 Å². The van der Waals surface area contributed by atoms with Gasteiger partial charge in [0.25, 0.3) is 10.0 Å². The van der Waals surface area contributed by atoms with Crippen molar-refractivity contribution in [3.05, 3.63) is 12.5 Å². The van der Waals surface area contributed by atoms with Gasteiger partial charge in [-0.2, -0.15) is 4.31 Å². The van der Waals surface area contributed by atoms with E-state index < -0.39 is 10.0 Å². The number of imidazole rings is 1. The number of nitrogens with zero attached hydrogens (tertiary/aromatic N) is 3. The summed E-state index contributed by atoms with van der Waals surface area (Å²) in [5.74, 6) is 0.416. The Kier molecular flexibility index (Phi) is 6.00. The molecule has 6 nitrogen and oxygen atoms in total. The minimum atomic E-state index is -3.44. The van der Waals surface area contributed by atoms with E-state index in [1.807, 2.05) is 13.8 Å². The van der Waals surface area contributed by atoms with E-state index in [1.165, 1.54) is 4.31 Å². The van der Waals surface area contributed by atoms with Gasteiger partial charge in [0.05, 0.1) is 6.33 Å². The SMILES string of the molecule is CCn1cnc(S(=O)(=O)N2CCC(C(C)N)CC2)c1.Cl. The first-order valence-corrected chi connectivity index (χ1v) is 8.16. The van der Waals surface area contributed by atoms with E-state index in [0.717, 1.165) is 19.4 Å². The van der Waals surface area contributed by atoms with E-state index in [4.69, 9.17) is 5.73 Å². The smallest absolute Gasteiger partial charge is 0.262 e. The van der Waals surface area contributed by atoms with Crippen molar-refractivity contribution in [1.29, 1.82) is 0 Å². The molecular formula is C12H23ClN4O2S. The maximum atomic E-state index is 12.4. The first-order chi connectivity index (χ1) is 8.95. The number of nitrogens with two attached hydrogens (primary N) is 1. The number of piperidine rings is 1. The maximum absolute atomic E-state index is 12.4. The van der Waals surface area contributed by atoms with Crippen molar-refractivity contribution in [1.82, 2.24) is 13.9 Å². The Morgan fingerprint density at radius 2 is 2.05 bits per heavy atom. The highest BCUT2D eigenvalue weighted by Crippen LogP contribution is 2.24. The van der Waals surface area contributed by atoms with Gasteiger partial charge in [0.1, 0.15) is 0 Å². The average molecular weight is 323 g/mol. The maximum Gasteiger partial charge on any atom is 0.262 e. The Morgan fingerprint density at radius 1 is 1.45 bits per heavy atom. The molecule has 1 saturated heterocycles. The van der Waals surface area contributed by atoms with E-state index in [-0.39, 0.29) is 23.5 Å². The molecule has 0 bridgehead atoms. The van der Waals surface area contributed by atoms with E-state index in [0.29, 0.717) is 19.0 Å². The van der Waals surface area contributed by atoms with E-state index in [1.54, 1.807) is 17.1 Å². The second kappa shape index (κ2) is 6.89. The third kappa shape index (κ3) is 3.52. The molecule has 0 radical (unpaired) electrons. The molecule has 2 N–H and O–H groups in total. The Labute approximate surface area is 126 Å². The zero-order valence-electron chi connectivity index (χ0n) is 11.9. The van der Waals surface area contributed by atoms with Crippen LogP contribution in [-0.2, 0) is 16.6 Å². The quantitative estimate of drug-likeness (QED) is 0.899. The second-order valence-electron chi connectivity index (χ2n) is 5.14. The van der Waals surface area contributed by atoms with Crippen LogP contribution in [0, 0.1) is 5.92 Å². The molecule has 1 aliphatic rings. The predicted octanol–water partition coefficient (Wildman–Crippen LogP) is 1.07. The van der Waals surface area contributed by atoms with E-state index >= 15 is 0 Å². The Morgan fingerprint density at radius 3 is 2.50 bits per heavy atom. The molecule has 1 fully saturated rings. The second-order valence-corrected chi connectivity index (χ2v) is 7.03. The van der Waals surface area contributed by atoms with Crippen molar-refractivity contribution >= 4 is 22.4 Å². The fourth-order valence-corrected chi connectivity index (χ4v) is 3.82. The van der Waals surface area contributed by atoms with Crippen LogP contribution in [0.4, 0.5) is 0 Å². The number of aryl methyl sites for hydroxylation is 1. The monoisotopic (exact) mass is 322 g/mol. The zero-order valence-corrected chi connectivity index (χ0v) is 13.5. The van der Waals surface area contributed by atoms with Gasteiger partial charge in [-0.3, -0.25) is 0 Å². The van der Waals surface area contributed by atoms with Crippen molar-refractivity contribution in [3.63, 3.8) is 0 Å². The van der Waals surface area contributed by atoms with Crippen LogP contribution in [0.1, 0.15) is 26.7 Å². The van der Waals surface area contributed by atoms with E-state index in [2.05, 4.69) is 4.98 Å². The van der Waals surface area contributed by atoms with Crippen molar-refractivity contribution in [2.24, 2.45) is 11.7 Å². The lowest BCUT2D eigenvalue weighted by molar-refractivity contribution is 0.250. The van der Waals surface area contributed by atoms with Crippen LogP contribution in [0.15, 0.2) is 17.6 Å². The molecule has 0 amide bonds. The third-order valence-electron chi connectivity index (χ3n) is 3.82. The van der Waals surface area contributed by atoms with Crippen LogP contribution in [0.5, 0.6) is 0 Å². The number of halogens is 1. The van der Waals surface area contributed by atoms with Gasteiger partial charge < -0.3 is 10.3 Å². The van der Waals surface area contributed by atoms with Crippen LogP contribution < -0.4 is 5.73 Å². The van der Waals surface area contributed by atoms with Gasteiger partial charge >= 0.3 is 0 Å². The van der Waals surface area contributed by atoms with Gasteiger partial charge in [0.15, 0.2) is 5.03 Å². The fraction of sp³-hybridized carbons (Fsp3) is 0.750. The minimum Gasteiger partial charge on any atom is -0.336 e. The minimum absolute atomic E-state index is 0. The summed E-state index contributed by atoms with van der Waals surface area (Å²) in [7, 11) is -3.44. The molecule has 1 aromatic rings. The predicted molar refractivity (Wildman–Crippen MR) is 80.3 cm³/mol. The Hall–Kier alpha value is -0.630. The average Bonchev–Trinajstić information content (AvgIpc) is 2.88. The number of hydrogen-bond acceptors (Lipinski definition) is 4. The summed E-state index contributed by atoms with van der Waals surface area (Å²) in [6, 6.07) is 0.129. The van der Waals surface area contributed by atoms with Crippen molar-refractivity contribution in [2.45, 2.75) is 44.3 Å². The van der Waals surface area contributed by atoms with Gasteiger partial charge in [-0.15, -0.1) is 12.4 Å². The van der Waals surface area contributed by atoms with E-state index in [9.17, 15) is 8.42 Å². The molecule has 0 spiro atoms. The van der Waals surface area contributed by atoms with Gasteiger partial charge in [-0.05, 0) is 32.6 Å². The van der Waals surface area contributed by atoms with Crippen molar-refractivity contribution in [3.8, 4) is 0 Å². The fourth-order valence-electron chi connectivity index (χ4n) is 2.42. The van der Waals surface area contributed by atoms with Gasteiger partial charge in [0, 0.05) is 31.9 Å². The lowest BCUT2D eigenvalue weighted by Crippen LogP contribution is -2.42. The molecule has 116 valence electrons. The zero-order chi connectivity index (χ0) is 14.0. The van der Waals surface area contributed by atoms with Crippen LogP contribution in [-0.4, -0.2) is 41.4 Å². The molecule has 1 atom stereocenters. The molecule has 0 aromatic carbocycles. The summed E-state index contributed by atoms with van der Waals surface area (Å²) in [5.41, 5.74) is 5.87. The number of sulfonamides is 1.